The van der Waals surface area contributed by atoms with Crippen molar-refractivity contribution in [3.63, 3.8) is 0 Å². The number of benzene rings is 2. The summed E-state index contributed by atoms with van der Waals surface area (Å²) in [7, 11) is 0. The molecule has 90 valence electrons. The van der Waals surface area contributed by atoms with E-state index in [9.17, 15) is 4.79 Å². The Labute approximate surface area is 107 Å². The van der Waals surface area contributed by atoms with E-state index in [0.29, 0.717) is 0 Å². The summed E-state index contributed by atoms with van der Waals surface area (Å²) in [6.45, 7) is 6.50. The van der Waals surface area contributed by atoms with E-state index in [1.165, 1.54) is 5.56 Å². The van der Waals surface area contributed by atoms with Crippen molar-refractivity contribution in [2.24, 2.45) is 0 Å². The van der Waals surface area contributed by atoms with Crippen LogP contribution in [0.4, 0.5) is 0 Å². The molecule has 1 nitrogen and oxygen atoms in total. The minimum atomic E-state index is 0.0735. The van der Waals surface area contributed by atoms with Crippen LogP contribution in [0.25, 0.3) is 11.1 Å². The van der Waals surface area contributed by atoms with Crippen LogP contribution in [0.15, 0.2) is 42.5 Å². The summed E-state index contributed by atoms with van der Waals surface area (Å²) in [5.41, 5.74) is 5.11. The van der Waals surface area contributed by atoms with Crippen molar-refractivity contribution in [3.05, 3.63) is 59.2 Å². The molecule has 0 aliphatic heterocycles. The molecule has 2 aromatic rings. The van der Waals surface area contributed by atoms with Crippen molar-refractivity contribution < 1.29 is 4.79 Å². The van der Waals surface area contributed by atoms with Gasteiger partial charge in [-0.1, -0.05) is 57.2 Å². The first-order chi connectivity index (χ1) is 8.48. The van der Waals surface area contributed by atoms with Crippen LogP contribution in [-0.4, -0.2) is 5.78 Å². The van der Waals surface area contributed by atoms with Crippen LogP contribution >= 0.6 is 0 Å². The van der Waals surface area contributed by atoms with Gasteiger partial charge in [-0.15, -0.1) is 0 Å². The summed E-state index contributed by atoms with van der Waals surface area (Å²) in [5.74, 6) is 0.159. The van der Waals surface area contributed by atoms with Crippen LogP contribution in [0.1, 0.15) is 42.3 Å². The molecule has 0 saturated carbocycles. The molecule has 0 spiro atoms. The molecule has 0 radical (unpaired) electrons. The third-order valence-electron chi connectivity index (χ3n) is 3.59. The zero-order valence-electron chi connectivity index (χ0n) is 10.9. The van der Waals surface area contributed by atoms with Gasteiger partial charge >= 0.3 is 0 Å². The molecule has 2 aromatic carbocycles. The van der Waals surface area contributed by atoms with Gasteiger partial charge < -0.3 is 0 Å². The van der Waals surface area contributed by atoms with E-state index in [1.807, 2.05) is 24.3 Å². The summed E-state index contributed by atoms with van der Waals surface area (Å²) < 4.78 is 0. The van der Waals surface area contributed by atoms with E-state index in [0.717, 1.165) is 22.3 Å². The van der Waals surface area contributed by atoms with Crippen LogP contribution in [0, 0.1) is 0 Å². The number of fused-ring (bicyclic) bond motifs is 3. The van der Waals surface area contributed by atoms with Gasteiger partial charge in [-0.05, 0) is 28.2 Å². The molecule has 3 rings (SSSR count). The molecule has 1 heteroatoms. The second kappa shape index (κ2) is 3.55. The lowest BCUT2D eigenvalue weighted by Gasteiger charge is -2.19. The topological polar surface area (TPSA) is 17.1 Å². The fraction of sp³-hybridized carbons (Fsp3) is 0.235. The SMILES string of the molecule is CC(C)(C)c1ccc2c(c1)C(=O)c1ccccc1-2. The van der Waals surface area contributed by atoms with Crippen LogP contribution < -0.4 is 0 Å². The molecule has 0 N–H and O–H groups in total. The van der Waals surface area contributed by atoms with Crippen LogP contribution in [-0.2, 0) is 5.41 Å². The fourth-order valence-corrected chi connectivity index (χ4v) is 2.49. The van der Waals surface area contributed by atoms with Crippen LogP contribution in [0.5, 0.6) is 0 Å². The lowest BCUT2D eigenvalue weighted by Crippen LogP contribution is -2.11. The molecule has 0 saturated heterocycles. The summed E-state index contributed by atoms with van der Waals surface area (Å²) >= 11 is 0. The van der Waals surface area contributed by atoms with Gasteiger partial charge in [0.2, 0.25) is 0 Å². The van der Waals surface area contributed by atoms with Crippen LogP contribution in [0.3, 0.4) is 0 Å². The van der Waals surface area contributed by atoms with Gasteiger partial charge in [-0.2, -0.15) is 0 Å². The highest BCUT2D eigenvalue weighted by Gasteiger charge is 2.27. The Bertz CT molecular complexity index is 645. The number of rotatable bonds is 0. The highest BCUT2D eigenvalue weighted by atomic mass is 16.1. The molecule has 18 heavy (non-hydrogen) atoms. The summed E-state index contributed by atoms with van der Waals surface area (Å²) in [5, 5.41) is 0. The van der Waals surface area contributed by atoms with E-state index in [2.05, 4.69) is 39.0 Å². The Morgan fingerprint density at radius 1 is 0.778 bits per heavy atom. The Morgan fingerprint density at radius 2 is 1.39 bits per heavy atom. The van der Waals surface area contributed by atoms with Gasteiger partial charge in [0.05, 0.1) is 0 Å². The monoisotopic (exact) mass is 236 g/mol. The van der Waals surface area contributed by atoms with Crippen molar-refractivity contribution in [2.75, 3.05) is 0 Å². The smallest absolute Gasteiger partial charge is 0.194 e. The third kappa shape index (κ3) is 1.51. The van der Waals surface area contributed by atoms with Crippen molar-refractivity contribution in [1.82, 2.24) is 0 Å². The molecular formula is C17H16O. The molecule has 1 aliphatic rings. The fourth-order valence-electron chi connectivity index (χ4n) is 2.49. The van der Waals surface area contributed by atoms with Gasteiger partial charge in [-0.3, -0.25) is 4.79 Å². The number of hydrogen-bond acceptors (Lipinski definition) is 1. The predicted octanol–water partition coefficient (Wildman–Crippen LogP) is 4.20. The number of ketones is 1. The predicted molar refractivity (Wildman–Crippen MR) is 74.0 cm³/mol. The number of carbonyl (C=O) groups excluding carboxylic acids is 1. The summed E-state index contributed by atoms with van der Waals surface area (Å²) in [6.07, 6.45) is 0. The molecule has 0 unspecified atom stereocenters. The van der Waals surface area contributed by atoms with E-state index >= 15 is 0 Å². The molecule has 0 fully saturated rings. The average Bonchev–Trinajstić information content (AvgIpc) is 2.63. The van der Waals surface area contributed by atoms with Crippen molar-refractivity contribution in [1.29, 1.82) is 0 Å². The molecule has 0 aromatic heterocycles. The largest absolute Gasteiger partial charge is 0.289 e. The van der Waals surface area contributed by atoms with Crippen LogP contribution in [0.2, 0.25) is 0 Å². The highest BCUT2D eigenvalue weighted by molar-refractivity contribution is 6.21. The first-order valence-electron chi connectivity index (χ1n) is 6.27. The second-order valence-corrected chi connectivity index (χ2v) is 5.89. The number of hydrogen-bond donors (Lipinski definition) is 0. The molecule has 0 atom stereocenters. The number of carbonyl (C=O) groups is 1. The van der Waals surface area contributed by atoms with Gasteiger partial charge in [-0.25, -0.2) is 0 Å². The van der Waals surface area contributed by atoms with Gasteiger partial charge in [0.15, 0.2) is 5.78 Å². The van der Waals surface area contributed by atoms with E-state index in [1.54, 1.807) is 0 Å². The average molecular weight is 236 g/mol. The molecule has 1 aliphatic carbocycles. The first kappa shape index (κ1) is 11.2. The Morgan fingerprint density at radius 3 is 2.06 bits per heavy atom. The summed E-state index contributed by atoms with van der Waals surface area (Å²) in [6, 6.07) is 14.1. The maximum Gasteiger partial charge on any atom is 0.194 e. The normalized spacial score (nSPS) is 13.4. The Balaban J connectivity index is 2.23. The second-order valence-electron chi connectivity index (χ2n) is 5.89. The molecule has 0 amide bonds. The van der Waals surface area contributed by atoms with Gasteiger partial charge in [0.1, 0.15) is 0 Å². The standard InChI is InChI=1S/C17H16O/c1-17(2,3)11-8-9-13-12-6-4-5-7-14(12)16(18)15(13)10-11/h4-10H,1-3H3. The van der Waals surface area contributed by atoms with E-state index < -0.39 is 0 Å². The minimum Gasteiger partial charge on any atom is -0.289 e. The quantitative estimate of drug-likeness (QED) is 0.572. The lowest BCUT2D eigenvalue weighted by molar-refractivity contribution is 0.104. The summed E-state index contributed by atoms with van der Waals surface area (Å²) in [4.78, 5) is 12.4. The maximum absolute atomic E-state index is 12.4. The molecule has 0 bridgehead atoms. The van der Waals surface area contributed by atoms with E-state index in [-0.39, 0.29) is 11.2 Å². The molecular weight excluding hydrogens is 220 g/mol. The lowest BCUT2D eigenvalue weighted by atomic mass is 9.85. The minimum absolute atomic E-state index is 0.0735. The molecule has 0 heterocycles. The Kier molecular flexibility index (Phi) is 2.21. The highest BCUT2D eigenvalue weighted by Crippen LogP contribution is 2.38. The first-order valence-corrected chi connectivity index (χ1v) is 6.27. The van der Waals surface area contributed by atoms with Crippen molar-refractivity contribution >= 4 is 5.78 Å². The Hall–Kier alpha value is -1.89. The zero-order valence-corrected chi connectivity index (χ0v) is 10.9. The van der Waals surface area contributed by atoms with E-state index in [4.69, 9.17) is 0 Å². The van der Waals surface area contributed by atoms with Crippen molar-refractivity contribution in [2.45, 2.75) is 26.2 Å². The van der Waals surface area contributed by atoms with Gasteiger partial charge in [0, 0.05) is 11.1 Å². The zero-order chi connectivity index (χ0) is 12.9. The maximum atomic E-state index is 12.4. The van der Waals surface area contributed by atoms with Crippen molar-refractivity contribution in [3.8, 4) is 11.1 Å². The third-order valence-corrected chi connectivity index (χ3v) is 3.59. The van der Waals surface area contributed by atoms with Gasteiger partial charge in [0.25, 0.3) is 0 Å².